The van der Waals surface area contributed by atoms with Crippen LogP contribution in [0.25, 0.3) is 10.9 Å². The van der Waals surface area contributed by atoms with Gasteiger partial charge in [0.05, 0.1) is 29.1 Å². The topological polar surface area (TPSA) is 75.3 Å². The molecule has 1 amide bonds. The fourth-order valence-electron chi connectivity index (χ4n) is 3.62. The molecule has 30 heavy (non-hydrogen) atoms. The number of hydrogen-bond acceptors (Lipinski definition) is 5. The third-order valence-electron chi connectivity index (χ3n) is 5.24. The van der Waals surface area contributed by atoms with Gasteiger partial charge in [-0.15, -0.1) is 11.8 Å². The lowest BCUT2D eigenvalue weighted by atomic mass is 10.2. The molecule has 2 aromatic carbocycles. The Labute approximate surface area is 179 Å². The van der Waals surface area contributed by atoms with Crippen molar-refractivity contribution in [1.82, 2.24) is 14.9 Å². The maximum Gasteiger partial charge on any atom is 0.258 e. The quantitative estimate of drug-likeness (QED) is 0.584. The maximum atomic E-state index is 13.3. The zero-order valence-electron chi connectivity index (χ0n) is 17.0. The van der Waals surface area contributed by atoms with Crippen LogP contribution in [0.4, 0.5) is 0 Å². The first-order chi connectivity index (χ1) is 14.7. The number of fused-ring (bicyclic) bond motifs is 1. The maximum absolute atomic E-state index is 13.3. The fourth-order valence-corrected chi connectivity index (χ4v) is 4.73. The lowest BCUT2D eigenvalue weighted by molar-refractivity contribution is 0.0745. The van der Waals surface area contributed by atoms with E-state index < -0.39 is 0 Å². The molecule has 1 saturated heterocycles. The number of amides is 1. The molecule has 1 unspecified atom stereocenters. The van der Waals surface area contributed by atoms with Crippen LogP contribution in [-0.2, 0) is 11.3 Å². The van der Waals surface area contributed by atoms with Gasteiger partial charge in [-0.2, -0.15) is 0 Å². The van der Waals surface area contributed by atoms with Crippen molar-refractivity contribution in [3.63, 3.8) is 0 Å². The molecule has 7 heteroatoms. The second-order valence-corrected chi connectivity index (χ2v) is 8.35. The third kappa shape index (κ3) is 4.57. The molecule has 0 aliphatic carbocycles. The summed E-state index contributed by atoms with van der Waals surface area (Å²) in [5.41, 5.74) is 1.12. The van der Waals surface area contributed by atoms with Crippen LogP contribution in [0.3, 0.4) is 0 Å². The molecule has 1 atom stereocenters. The molecule has 6 nitrogen and oxygen atoms in total. The van der Waals surface area contributed by atoms with Crippen LogP contribution in [0.15, 0.2) is 58.2 Å². The summed E-state index contributed by atoms with van der Waals surface area (Å²) in [5, 5.41) is 0.548. The molecular weight excluding hydrogens is 398 g/mol. The second-order valence-electron chi connectivity index (χ2n) is 7.29. The summed E-state index contributed by atoms with van der Waals surface area (Å²) < 4.78 is 5.71. The number of thioether (sulfide) groups is 1. The number of carbonyl (C=O) groups is 1. The SMILES string of the molecule is CCN(Cc1nc2ccccc2c(=O)[nH]1)C(=O)c1ccccc1SCC1CCCO1. The summed E-state index contributed by atoms with van der Waals surface area (Å²) in [6, 6.07) is 14.9. The van der Waals surface area contributed by atoms with Crippen LogP contribution in [0.2, 0.25) is 0 Å². The van der Waals surface area contributed by atoms with Gasteiger partial charge in [0.15, 0.2) is 0 Å². The van der Waals surface area contributed by atoms with Gasteiger partial charge in [-0.25, -0.2) is 4.98 Å². The molecule has 3 aromatic rings. The standard InChI is InChI=1S/C23H25N3O3S/c1-2-26(14-21-24-19-11-5-3-9-17(19)22(27)25-21)23(28)18-10-4-6-12-20(18)30-15-16-8-7-13-29-16/h3-6,9-12,16H,2,7-8,13-15H2,1H3,(H,24,25,27). The van der Waals surface area contributed by atoms with E-state index in [0.29, 0.717) is 28.8 Å². The molecule has 1 aliphatic heterocycles. The van der Waals surface area contributed by atoms with E-state index in [-0.39, 0.29) is 24.1 Å². The zero-order chi connectivity index (χ0) is 20.9. The van der Waals surface area contributed by atoms with Crippen LogP contribution in [0, 0.1) is 0 Å². The Bertz CT molecular complexity index is 1090. The van der Waals surface area contributed by atoms with Crippen LogP contribution < -0.4 is 5.56 Å². The Morgan fingerprint density at radius 1 is 1.23 bits per heavy atom. The molecule has 156 valence electrons. The Morgan fingerprint density at radius 2 is 2.03 bits per heavy atom. The molecule has 0 radical (unpaired) electrons. The number of aromatic nitrogens is 2. The van der Waals surface area contributed by atoms with E-state index in [4.69, 9.17) is 4.74 Å². The average molecular weight is 424 g/mol. The van der Waals surface area contributed by atoms with Crippen molar-refractivity contribution < 1.29 is 9.53 Å². The van der Waals surface area contributed by atoms with E-state index in [9.17, 15) is 9.59 Å². The van der Waals surface area contributed by atoms with Gasteiger partial charge in [-0.05, 0) is 44.0 Å². The number of rotatable bonds is 7. The van der Waals surface area contributed by atoms with E-state index in [0.717, 1.165) is 30.1 Å². The van der Waals surface area contributed by atoms with Gasteiger partial charge in [-0.1, -0.05) is 24.3 Å². The number of para-hydroxylation sites is 1. The van der Waals surface area contributed by atoms with Crippen molar-refractivity contribution >= 4 is 28.6 Å². The van der Waals surface area contributed by atoms with E-state index in [1.165, 1.54) is 0 Å². The molecular formula is C23H25N3O3S. The van der Waals surface area contributed by atoms with Crippen molar-refractivity contribution in [2.75, 3.05) is 18.9 Å². The number of nitrogens with one attached hydrogen (secondary N) is 1. The normalized spacial score (nSPS) is 16.1. The van der Waals surface area contributed by atoms with Gasteiger partial charge in [0, 0.05) is 23.8 Å². The number of aromatic amines is 1. The fraction of sp³-hybridized carbons (Fsp3) is 0.348. The number of hydrogen-bond donors (Lipinski definition) is 1. The number of ether oxygens (including phenoxy) is 1. The van der Waals surface area contributed by atoms with Gasteiger partial charge >= 0.3 is 0 Å². The van der Waals surface area contributed by atoms with Gasteiger partial charge < -0.3 is 14.6 Å². The summed E-state index contributed by atoms with van der Waals surface area (Å²) in [6.45, 7) is 3.52. The first kappa shape index (κ1) is 20.6. The Hall–Kier alpha value is -2.64. The number of nitrogens with zero attached hydrogens (tertiary/aromatic N) is 2. The van der Waals surface area contributed by atoms with Gasteiger partial charge in [0.1, 0.15) is 5.82 Å². The second kappa shape index (κ2) is 9.45. The molecule has 2 heterocycles. The highest BCUT2D eigenvalue weighted by Crippen LogP contribution is 2.27. The highest BCUT2D eigenvalue weighted by Gasteiger charge is 2.21. The predicted octanol–water partition coefficient (Wildman–Crippen LogP) is 3.86. The van der Waals surface area contributed by atoms with Gasteiger partial charge in [-0.3, -0.25) is 9.59 Å². The number of carbonyl (C=O) groups excluding carboxylic acids is 1. The lowest BCUT2D eigenvalue weighted by Crippen LogP contribution is -2.32. The molecule has 1 N–H and O–H groups in total. The van der Waals surface area contributed by atoms with Crippen LogP contribution >= 0.6 is 11.8 Å². The van der Waals surface area contributed by atoms with Crippen molar-refractivity contribution in [2.45, 2.75) is 37.3 Å². The highest BCUT2D eigenvalue weighted by atomic mass is 32.2. The summed E-state index contributed by atoms with van der Waals surface area (Å²) in [7, 11) is 0. The summed E-state index contributed by atoms with van der Waals surface area (Å²) in [6.07, 6.45) is 2.43. The Kier molecular flexibility index (Phi) is 6.50. The van der Waals surface area contributed by atoms with Crippen LogP contribution in [0.1, 0.15) is 35.9 Å². The summed E-state index contributed by atoms with van der Waals surface area (Å²) >= 11 is 1.67. The molecule has 1 aromatic heterocycles. The molecule has 0 spiro atoms. The molecule has 1 fully saturated rings. The average Bonchev–Trinajstić information content (AvgIpc) is 3.29. The third-order valence-corrected chi connectivity index (χ3v) is 6.44. The molecule has 0 bridgehead atoms. The first-order valence-corrected chi connectivity index (χ1v) is 11.2. The predicted molar refractivity (Wildman–Crippen MR) is 119 cm³/mol. The van der Waals surface area contributed by atoms with Gasteiger partial charge in [0.25, 0.3) is 11.5 Å². The van der Waals surface area contributed by atoms with E-state index in [1.54, 1.807) is 22.7 Å². The molecule has 4 rings (SSSR count). The van der Waals surface area contributed by atoms with E-state index in [2.05, 4.69) is 9.97 Å². The zero-order valence-corrected chi connectivity index (χ0v) is 17.8. The molecule has 1 aliphatic rings. The van der Waals surface area contributed by atoms with Crippen molar-refractivity contribution in [3.05, 3.63) is 70.3 Å². The Balaban J connectivity index is 1.54. The van der Waals surface area contributed by atoms with Crippen LogP contribution in [0.5, 0.6) is 0 Å². The minimum atomic E-state index is -0.188. The van der Waals surface area contributed by atoms with E-state index >= 15 is 0 Å². The minimum absolute atomic E-state index is 0.0660. The number of H-pyrrole nitrogens is 1. The Morgan fingerprint density at radius 3 is 2.83 bits per heavy atom. The highest BCUT2D eigenvalue weighted by molar-refractivity contribution is 7.99. The monoisotopic (exact) mass is 423 g/mol. The van der Waals surface area contributed by atoms with E-state index in [1.807, 2.05) is 49.4 Å². The lowest BCUT2D eigenvalue weighted by Gasteiger charge is -2.22. The first-order valence-electron chi connectivity index (χ1n) is 10.3. The minimum Gasteiger partial charge on any atom is -0.377 e. The van der Waals surface area contributed by atoms with Crippen LogP contribution in [-0.4, -0.2) is 45.8 Å². The summed E-state index contributed by atoms with van der Waals surface area (Å²) in [5.74, 6) is 1.26. The smallest absolute Gasteiger partial charge is 0.258 e. The molecule has 0 saturated carbocycles. The largest absolute Gasteiger partial charge is 0.377 e. The van der Waals surface area contributed by atoms with Crippen molar-refractivity contribution in [1.29, 1.82) is 0 Å². The van der Waals surface area contributed by atoms with Gasteiger partial charge in [0.2, 0.25) is 0 Å². The van der Waals surface area contributed by atoms with Crippen molar-refractivity contribution in [2.24, 2.45) is 0 Å². The van der Waals surface area contributed by atoms with Crippen molar-refractivity contribution in [3.8, 4) is 0 Å². The summed E-state index contributed by atoms with van der Waals surface area (Å²) in [4.78, 5) is 35.7. The number of benzene rings is 2.